The summed E-state index contributed by atoms with van der Waals surface area (Å²) >= 11 is 0. The normalized spacial score (nSPS) is 9.00. The van der Waals surface area contributed by atoms with E-state index in [-0.39, 0.29) is 0 Å². The summed E-state index contributed by atoms with van der Waals surface area (Å²) in [4.78, 5) is 0. The van der Waals surface area contributed by atoms with Crippen LogP contribution in [0.5, 0.6) is 0 Å². The molecule has 0 N–H and O–H groups in total. The van der Waals surface area contributed by atoms with Crippen LogP contribution in [0, 0.1) is 0 Å². The second-order valence-corrected chi connectivity index (χ2v) is 1.22. The summed E-state index contributed by atoms with van der Waals surface area (Å²) < 4.78 is 0. The lowest BCUT2D eigenvalue weighted by molar-refractivity contribution is 2.33. The Labute approximate surface area is 31.2 Å². The minimum atomic E-state index is 0.722. The van der Waals surface area contributed by atoms with Gasteiger partial charge in [0.2, 0.25) is 0 Å². The van der Waals surface area contributed by atoms with Gasteiger partial charge < -0.3 is 0 Å². The Morgan fingerprint density at radius 1 is 1.50 bits per heavy atom. The molecular weight excluding hydrogens is 66.9 g/mol. The van der Waals surface area contributed by atoms with E-state index < -0.39 is 0 Å². The zero-order valence-corrected chi connectivity index (χ0v) is 3.22. The van der Waals surface area contributed by atoms with E-state index in [9.17, 15) is 0 Å². The fourth-order valence-electron chi connectivity index (χ4n) is 0. The van der Waals surface area contributed by atoms with Crippen molar-refractivity contribution < 1.29 is 0 Å². The van der Waals surface area contributed by atoms with Crippen LogP contribution in [-0.4, -0.2) is 19.6 Å². The molecule has 2 heteroatoms. The van der Waals surface area contributed by atoms with Gasteiger partial charge in [-0.25, -0.2) is 10.7 Å². The molecule has 0 unspecified atom stereocenters. The quantitative estimate of drug-likeness (QED) is 0.260. The summed E-state index contributed by atoms with van der Waals surface area (Å²) in [6.07, 6.45) is 4.61. The highest BCUT2D eigenvalue weighted by Gasteiger charge is 1.67. The molecule has 0 bridgehead atoms. The topological polar surface area (TPSA) is 0 Å². The van der Waals surface area contributed by atoms with E-state index in [2.05, 4.69) is 12.5 Å². The van der Waals surface area contributed by atoms with Crippen molar-refractivity contribution in [3.63, 3.8) is 0 Å². The average molecular weight is 76.0 g/mol. The summed E-state index contributed by atoms with van der Waals surface area (Å²) in [5, 5.41) is 0. The zero-order valence-electron chi connectivity index (χ0n) is 2.41. The van der Waals surface area contributed by atoms with Crippen molar-refractivity contribution in [3.8, 4) is 0 Å². The van der Waals surface area contributed by atoms with Crippen molar-refractivity contribution in [2.75, 3.05) is 12.5 Å². The van der Waals surface area contributed by atoms with Crippen LogP contribution in [0.15, 0.2) is 0 Å². The molecular formula is C2H9BS. The molecule has 0 aliphatic rings. The Morgan fingerprint density at radius 3 is 1.50 bits per heavy atom. The number of hydrogen-bond acceptors (Lipinski definition) is 0. The van der Waals surface area contributed by atoms with E-state index >= 15 is 0 Å². The van der Waals surface area contributed by atoms with Crippen LogP contribution in [-0.2, 0) is 10.7 Å². The molecule has 4 heavy (non-hydrogen) atoms. The summed E-state index contributed by atoms with van der Waals surface area (Å²) in [7, 11) is 1.61. The van der Waals surface area contributed by atoms with Gasteiger partial charge in [0, 0.05) is 0 Å². The highest BCUT2D eigenvalue weighted by Crippen LogP contribution is 1.61. The van der Waals surface area contributed by atoms with E-state index in [0.29, 0.717) is 0 Å². The molecule has 0 aromatic rings. The van der Waals surface area contributed by atoms with Crippen LogP contribution in [0.4, 0.5) is 0 Å². The maximum absolute atomic E-state index is 2.31. The Kier molecular flexibility index (Phi) is 1.88. The van der Waals surface area contributed by atoms with Gasteiger partial charge in [0.25, 0.3) is 0 Å². The van der Waals surface area contributed by atoms with Crippen LogP contribution in [0.3, 0.4) is 0 Å². The van der Waals surface area contributed by atoms with E-state index in [1.54, 1.807) is 0 Å². The molecule has 0 rings (SSSR count). The maximum atomic E-state index is 2.31. The maximum Gasteiger partial charge on any atom is 0.184 e. The fraction of sp³-hybridized carbons (Fsp3) is 1.00. The molecule has 0 heterocycles. The average Bonchev–Trinajstić information content (AvgIpc) is 0.811. The first-order chi connectivity index (χ1) is 1.73. The first-order valence-corrected chi connectivity index (χ1v) is 2.45. The second kappa shape index (κ2) is 1.71. The van der Waals surface area contributed by atoms with Crippen molar-refractivity contribution in [2.24, 2.45) is 0 Å². The molecule has 0 saturated heterocycles. The molecule has 0 saturated carbocycles. The lowest BCUT2D eigenvalue weighted by atomic mass is 10.8. The van der Waals surface area contributed by atoms with Crippen LogP contribution in [0.1, 0.15) is 0 Å². The van der Waals surface area contributed by atoms with Crippen molar-refractivity contribution >= 4 is 17.9 Å². The fourth-order valence-corrected chi connectivity index (χ4v) is 0. The van der Waals surface area contributed by atoms with Crippen molar-refractivity contribution in [2.45, 2.75) is 0 Å². The molecule has 0 spiro atoms. The predicted octanol–water partition coefficient (Wildman–Crippen LogP) is -0.855. The first kappa shape index (κ1) is 4.41. The van der Waals surface area contributed by atoms with Gasteiger partial charge in [-0.15, -0.1) is 0 Å². The van der Waals surface area contributed by atoms with E-state index in [1.165, 1.54) is 0 Å². The van der Waals surface area contributed by atoms with Crippen molar-refractivity contribution in [1.29, 1.82) is 0 Å². The standard InChI is InChI=1S/C2H9BS/c1-4(2)3/h1-3H3. The van der Waals surface area contributed by atoms with E-state index in [4.69, 9.17) is 0 Å². The van der Waals surface area contributed by atoms with Crippen LogP contribution < -0.4 is 0 Å². The molecule has 0 atom stereocenters. The molecule has 0 radical (unpaired) electrons. The van der Waals surface area contributed by atoms with Gasteiger partial charge in [-0.1, -0.05) is 0 Å². The minimum absolute atomic E-state index is 0.722. The highest BCUT2D eigenvalue weighted by atomic mass is 32.2. The Bertz CT molecular complexity index is 10.8. The summed E-state index contributed by atoms with van der Waals surface area (Å²) in [6, 6.07) is 0. The molecule has 0 aromatic carbocycles. The van der Waals surface area contributed by atoms with Crippen molar-refractivity contribution in [1.82, 2.24) is 0 Å². The van der Waals surface area contributed by atoms with Gasteiger partial charge in [-0.3, -0.25) is 0 Å². The van der Waals surface area contributed by atoms with Gasteiger partial charge in [0.05, 0.1) is 12.5 Å². The third-order valence-electron chi connectivity index (χ3n) is 0. The lowest BCUT2D eigenvalue weighted by Gasteiger charge is -1.81. The molecule has 0 aliphatic heterocycles. The van der Waals surface area contributed by atoms with Gasteiger partial charge in [0.15, 0.2) is 7.12 Å². The Balaban J connectivity index is 2.32. The Hall–Kier alpha value is 0.415. The monoisotopic (exact) mass is 76.1 g/mol. The van der Waals surface area contributed by atoms with E-state index in [0.717, 1.165) is 17.9 Å². The molecule has 0 fully saturated rings. The number of rotatable bonds is 0. The molecule has 0 amide bonds. The SMILES string of the molecule is [BH3-][S+](C)C. The lowest BCUT2D eigenvalue weighted by Crippen LogP contribution is -1.87. The van der Waals surface area contributed by atoms with Gasteiger partial charge in [-0.05, 0) is 0 Å². The highest BCUT2D eigenvalue weighted by molar-refractivity contribution is 8.15. The van der Waals surface area contributed by atoms with Gasteiger partial charge in [-0.2, -0.15) is 0 Å². The first-order valence-electron chi connectivity index (χ1n) is 0.816. The zero-order chi connectivity index (χ0) is 3.58. The number of hydrogen-bond donors (Lipinski definition) is 0. The van der Waals surface area contributed by atoms with Crippen LogP contribution in [0.25, 0.3) is 0 Å². The van der Waals surface area contributed by atoms with Crippen LogP contribution in [0.2, 0.25) is 0 Å². The summed E-state index contributed by atoms with van der Waals surface area (Å²) in [5.41, 5.74) is 0. The molecule has 0 aliphatic carbocycles. The third kappa shape index (κ3) is 28.1. The van der Waals surface area contributed by atoms with Gasteiger partial charge in [0.1, 0.15) is 0 Å². The predicted molar refractivity (Wildman–Crippen MR) is 29.2 cm³/mol. The Morgan fingerprint density at radius 2 is 1.50 bits per heavy atom. The largest absolute Gasteiger partial charge is 0.240 e. The molecule has 0 aromatic heterocycles. The van der Waals surface area contributed by atoms with Crippen LogP contribution >= 0.6 is 0 Å². The molecule has 26 valence electrons. The van der Waals surface area contributed by atoms with Crippen molar-refractivity contribution in [3.05, 3.63) is 0 Å². The molecule has 0 nitrogen and oxygen atoms in total. The second-order valence-electron chi connectivity index (χ2n) is 0.408. The summed E-state index contributed by atoms with van der Waals surface area (Å²) in [5.74, 6) is 0. The van der Waals surface area contributed by atoms with Gasteiger partial charge >= 0.3 is 0 Å². The third-order valence-corrected chi connectivity index (χ3v) is 0. The van der Waals surface area contributed by atoms with E-state index in [1.807, 2.05) is 0 Å². The smallest absolute Gasteiger partial charge is 0.184 e. The minimum Gasteiger partial charge on any atom is -0.240 e. The summed E-state index contributed by atoms with van der Waals surface area (Å²) in [6.45, 7) is 0.